The molecule has 0 radical (unpaired) electrons. The second-order valence-corrected chi connectivity index (χ2v) is 5.66. The lowest BCUT2D eigenvalue weighted by Gasteiger charge is -2.26. The maximum absolute atomic E-state index is 12.4. The number of hydrogen-bond acceptors (Lipinski definition) is 5. The summed E-state index contributed by atoms with van der Waals surface area (Å²) in [5.74, 6) is -1.70. The number of para-hydroxylation sites is 2. The third kappa shape index (κ3) is 3.41. The van der Waals surface area contributed by atoms with Crippen LogP contribution < -0.4 is 4.90 Å². The Balaban J connectivity index is 2.09. The van der Waals surface area contributed by atoms with E-state index in [9.17, 15) is 19.7 Å². The van der Waals surface area contributed by atoms with E-state index in [-0.39, 0.29) is 24.2 Å². The Kier molecular flexibility index (Phi) is 4.83. The smallest absolute Gasteiger partial charge is 0.308 e. The van der Waals surface area contributed by atoms with Gasteiger partial charge in [0, 0.05) is 25.7 Å². The molecule has 8 nitrogen and oxygen atoms in total. The molecule has 8 heteroatoms. The van der Waals surface area contributed by atoms with E-state index in [2.05, 4.69) is 0 Å². The Labute approximate surface area is 133 Å². The lowest BCUT2D eigenvalue weighted by Crippen LogP contribution is -2.43. The third-order valence-corrected chi connectivity index (χ3v) is 4.25. The van der Waals surface area contributed by atoms with E-state index >= 15 is 0 Å². The van der Waals surface area contributed by atoms with Crippen LogP contribution in [0, 0.1) is 16.0 Å². The van der Waals surface area contributed by atoms with Crippen LogP contribution in [0.15, 0.2) is 24.3 Å². The Hall–Kier alpha value is -2.64. The zero-order valence-electron chi connectivity index (χ0n) is 13.0. The first-order chi connectivity index (χ1) is 10.8. The van der Waals surface area contributed by atoms with Crippen molar-refractivity contribution in [1.82, 2.24) is 4.90 Å². The van der Waals surface area contributed by atoms with Gasteiger partial charge in [0.1, 0.15) is 5.69 Å². The van der Waals surface area contributed by atoms with E-state index in [0.29, 0.717) is 18.7 Å². The lowest BCUT2D eigenvalue weighted by molar-refractivity contribution is -0.384. The summed E-state index contributed by atoms with van der Waals surface area (Å²) < 4.78 is 0. The van der Waals surface area contributed by atoms with Gasteiger partial charge >= 0.3 is 5.97 Å². The minimum Gasteiger partial charge on any atom is -0.481 e. The summed E-state index contributed by atoms with van der Waals surface area (Å²) in [6.45, 7) is 2.07. The highest BCUT2D eigenvalue weighted by Crippen LogP contribution is 2.28. The molecular weight excluding hydrogens is 302 g/mol. The highest BCUT2D eigenvalue weighted by Gasteiger charge is 2.38. The first-order valence-electron chi connectivity index (χ1n) is 7.29. The summed E-state index contributed by atoms with van der Waals surface area (Å²) >= 11 is 0. The second-order valence-electron chi connectivity index (χ2n) is 5.66. The molecule has 1 aromatic rings. The van der Waals surface area contributed by atoms with Gasteiger partial charge in [-0.3, -0.25) is 19.7 Å². The van der Waals surface area contributed by atoms with E-state index in [4.69, 9.17) is 5.11 Å². The summed E-state index contributed by atoms with van der Waals surface area (Å²) in [4.78, 5) is 37.1. The summed E-state index contributed by atoms with van der Waals surface area (Å²) in [5, 5.41) is 20.2. The molecule has 2 rings (SSSR count). The fourth-order valence-corrected chi connectivity index (χ4v) is 2.94. The second kappa shape index (κ2) is 6.64. The lowest BCUT2D eigenvalue weighted by atomic mass is 10.0. The minimum absolute atomic E-state index is 0.0401. The van der Waals surface area contributed by atoms with Crippen molar-refractivity contribution in [3.05, 3.63) is 34.4 Å². The van der Waals surface area contributed by atoms with Crippen LogP contribution >= 0.6 is 0 Å². The quantitative estimate of drug-likeness (QED) is 0.648. The van der Waals surface area contributed by atoms with Gasteiger partial charge in [-0.1, -0.05) is 12.1 Å². The number of anilines is 1. The number of nitrogens with zero attached hydrogens (tertiary/aromatic N) is 3. The van der Waals surface area contributed by atoms with E-state index in [1.807, 2.05) is 0 Å². The molecule has 0 spiro atoms. The van der Waals surface area contributed by atoms with Crippen LogP contribution in [0.2, 0.25) is 0 Å². The van der Waals surface area contributed by atoms with Crippen LogP contribution in [-0.4, -0.2) is 53.0 Å². The van der Waals surface area contributed by atoms with Crippen molar-refractivity contribution < 1.29 is 19.6 Å². The number of amides is 1. The zero-order valence-corrected chi connectivity index (χ0v) is 13.0. The van der Waals surface area contributed by atoms with Gasteiger partial charge in [-0.2, -0.15) is 0 Å². The molecule has 1 heterocycles. The molecule has 2 unspecified atom stereocenters. The number of likely N-dealkylation sites (tertiary alicyclic amines) is 1. The number of carbonyl (C=O) groups is 2. The van der Waals surface area contributed by atoms with Crippen molar-refractivity contribution in [3.8, 4) is 0 Å². The summed E-state index contributed by atoms with van der Waals surface area (Å²) in [5.41, 5.74) is 0.285. The monoisotopic (exact) mass is 321 g/mol. The highest BCUT2D eigenvalue weighted by molar-refractivity contribution is 5.84. The summed E-state index contributed by atoms with van der Waals surface area (Å²) in [6.07, 6.45) is 0.428. The molecule has 2 atom stereocenters. The molecular formula is C15H19N3O5. The molecule has 23 heavy (non-hydrogen) atoms. The van der Waals surface area contributed by atoms with E-state index in [1.165, 1.54) is 15.9 Å². The molecule has 1 saturated heterocycles. The van der Waals surface area contributed by atoms with Gasteiger partial charge in [0.05, 0.1) is 17.4 Å². The summed E-state index contributed by atoms with van der Waals surface area (Å²) in [7, 11) is 1.61. The fraction of sp³-hybridized carbons (Fsp3) is 0.467. The largest absolute Gasteiger partial charge is 0.481 e. The maximum atomic E-state index is 12.4. The molecule has 1 aromatic carbocycles. The van der Waals surface area contributed by atoms with Crippen LogP contribution in [-0.2, 0) is 9.59 Å². The van der Waals surface area contributed by atoms with Gasteiger partial charge in [0.15, 0.2) is 0 Å². The van der Waals surface area contributed by atoms with Gasteiger partial charge in [-0.25, -0.2) is 0 Å². The number of nitro groups is 1. The molecule has 0 aliphatic carbocycles. The van der Waals surface area contributed by atoms with E-state index in [0.717, 1.165) is 0 Å². The molecule has 1 fully saturated rings. The van der Waals surface area contributed by atoms with Crippen molar-refractivity contribution in [2.24, 2.45) is 5.92 Å². The first kappa shape index (κ1) is 16.7. The highest BCUT2D eigenvalue weighted by atomic mass is 16.6. The average Bonchev–Trinajstić information content (AvgIpc) is 2.89. The Morgan fingerprint density at radius 3 is 2.65 bits per heavy atom. The van der Waals surface area contributed by atoms with Crippen molar-refractivity contribution >= 4 is 23.3 Å². The number of hydrogen-bond donors (Lipinski definition) is 1. The summed E-state index contributed by atoms with van der Waals surface area (Å²) in [6, 6.07) is 5.83. The van der Waals surface area contributed by atoms with Crippen LogP contribution in [0.5, 0.6) is 0 Å². The predicted molar refractivity (Wildman–Crippen MR) is 83.3 cm³/mol. The molecule has 124 valence electrons. The SMILES string of the molecule is CC1C(C(=O)O)CCN1C(=O)CN(C)c1ccccc1[N+](=O)[O-]. The van der Waals surface area contributed by atoms with E-state index < -0.39 is 16.8 Å². The Bertz CT molecular complexity index is 633. The number of carbonyl (C=O) groups excluding carboxylic acids is 1. The molecule has 0 aromatic heterocycles. The van der Waals surface area contributed by atoms with Crippen LogP contribution in [0.3, 0.4) is 0 Å². The Morgan fingerprint density at radius 1 is 1.43 bits per heavy atom. The van der Waals surface area contributed by atoms with Crippen molar-refractivity contribution in [2.45, 2.75) is 19.4 Å². The molecule has 1 N–H and O–H groups in total. The normalized spacial score (nSPS) is 20.3. The zero-order chi connectivity index (χ0) is 17.1. The first-order valence-corrected chi connectivity index (χ1v) is 7.29. The fourth-order valence-electron chi connectivity index (χ4n) is 2.94. The van der Waals surface area contributed by atoms with Gasteiger partial charge in [0.25, 0.3) is 5.69 Å². The van der Waals surface area contributed by atoms with Crippen molar-refractivity contribution in [1.29, 1.82) is 0 Å². The van der Waals surface area contributed by atoms with Gasteiger partial charge in [-0.05, 0) is 19.4 Å². The number of rotatable bonds is 5. The predicted octanol–water partition coefficient (Wildman–Crippen LogP) is 1.35. The average molecular weight is 321 g/mol. The van der Waals surface area contributed by atoms with Crippen LogP contribution in [0.4, 0.5) is 11.4 Å². The maximum Gasteiger partial charge on any atom is 0.308 e. The molecule has 1 amide bonds. The number of benzene rings is 1. The standard InChI is InChI=1S/C15H19N3O5/c1-10-11(15(20)21)7-8-17(10)14(19)9-16(2)12-5-3-4-6-13(12)18(22)23/h3-6,10-11H,7-9H2,1-2H3,(H,20,21). The van der Waals surface area contributed by atoms with E-state index in [1.54, 1.807) is 32.2 Å². The topological polar surface area (TPSA) is 104 Å². The van der Waals surface area contributed by atoms with Crippen molar-refractivity contribution in [2.75, 3.05) is 25.0 Å². The third-order valence-electron chi connectivity index (χ3n) is 4.25. The van der Waals surface area contributed by atoms with Gasteiger partial charge in [0.2, 0.25) is 5.91 Å². The van der Waals surface area contributed by atoms with Crippen molar-refractivity contribution in [3.63, 3.8) is 0 Å². The molecule has 1 aliphatic rings. The Morgan fingerprint density at radius 2 is 2.09 bits per heavy atom. The van der Waals surface area contributed by atoms with Crippen LogP contribution in [0.1, 0.15) is 13.3 Å². The molecule has 1 aliphatic heterocycles. The molecule has 0 saturated carbocycles. The van der Waals surface area contributed by atoms with Gasteiger partial charge in [-0.15, -0.1) is 0 Å². The number of likely N-dealkylation sites (N-methyl/N-ethyl adjacent to an activating group) is 1. The molecule has 0 bridgehead atoms. The number of carboxylic acids is 1. The minimum atomic E-state index is -0.903. The number of aliphatic carboxylic acids is 1. The number of nitro benzene ring substituents is 1. The van der Waals surface area contributed by atoms with Gasteiger partial charge < -0.3 is 14.9 Å². The van der Waals surface area contributed by atoms with Crippen LogP contribution in [0.25, 0.3) is 0 Å². The number of carboxylic acid groups (broad SMARTS) is 1.